The van der Waals surface area contributed by atoms with Crippen molar-refractivity contribution in [3.63, 3.8) is 0 Å². The van der Waals surface area contributed by atoms with E-state index in [9.17, 15) is 14.7 Å². The smallest absolute Gasteiger partial charge is 0.324 e. The summed E-state index contributed by atoms with van der Waals surface area (Å²) < 4.78 is 0. The number of nitrogens with zero attached hydrogens (tertiary/aromatic N) is 1. The van der Waals surface area contributed by atoms with Gasteiger partial charge in [0.2, 0.25) is 5.72 Å². The van der Waals surface area contributed by atoms with Gasteiger partial charge in [-0.05, 0) is 18.2 Å². The van der Waals surface area contributed by atoms with Crippen molar-refractivity contribution in [1.82, 2.24) is 4.90 Å². The number of imide groups is 1. The van der Waals surface area contributed by atoms with Gasteiger partial charge in [0.25, 0.3) is 5.91 Å². The molecule has 3 N–H and O–H groups in total. The quantitative estimate of drug-likeness (QED) is 0.846. The summed E-state index contributed by atoms with van der Waals surface area (Å²) in [5.41, 5.74) is 4.26. The van der Waals surface area contributed by atoms with Crippen molar-refractivity contribution in [2.75, 3.05) is 0 Å². The van der Waals surface area contributed by atoms with Gasteiger partial charge in [0.1, 0.15) is 0 Å². The number of benzene rings is 2. The fraction of sp³-hybridized carbons (Fsp3) is 0.0667. The van der Waals surface area contributed by atoms with Crippen molar-refractivity contribution >= 4 is 23.5 Å². The molecule has 0 saturated carbocycles. The number of hydrogen-bond donors (Lipinski definition) is 2. The Morgan fingerprint density at radius 1 is 1.14 bits per heavy atom. The molecular weight excluding hydrogens is 292 g/mol. The summed E-state index contributed by atoms with van der Waals surface area (Å²) in [6.45, 7) is 0. The molecule has 0 fully saturated rings. The molecule has 1 aliphatic rings. The van der Waals surface area contributed by atoms with E-state index in [-0.39, 0.29) is 5.56 Å². The van der Waals surface area contributed by atoms with Crippen molar-refractivity contribution in [2.45, 2.75) is 5.72 Å². The lowest BCUT2D eigenvalue weighted by Crippen LogP contribution is -2.50. The molecule has 6 heteroatoms. The molecule has 1 aliphatic heterocycles. The summed E-state index contributed by atoms with van der Waals surface area (Å²) >= 11 is 5.84. The number of amides is 3. The van der Waals surface area contributed by atoms with Crippen LogP contribution in [-0.2, 0) is 5.72 Å². The van der Waals surface area contributed by atoms with Gasteiger partial charge in [-0.2, -0.15) is 0 Å². The minimum Gasteiger partial charge on any atom is -0.363 e. The second-order valence-electron chi connectivity index (χ2n) is 4.70. The number of carbonyl (C=O) groups is 2. The second-order valence-corrected chi connectivity index (χ2v) is 5.14. The summed E-state index contributed by atoms with van der Waals surface area (Å²) in [5, 5.41) is 11.5. The molecule has 1 heterocycles. The van der Waals surface area contributed by atoms with E-state index in [1.807, 2.05) is 0 Å². The molecule has 0 spiro atoms. The predicted octanol–water partition coefficient (Wildman–Crippen LogP) is 2.07. The third-order valence-electron chi connectivity index (χ3n) is 3.53. The predicted molar refractivity (Wildman–Crippen MR) is 76.6 cm³/mol. The summed E-state index contributed by atoms with van der Waals surface area (Å²) in [6.07, 6.45) is 0. The number of aliphatic hydroxyl groups is 1. The van der Waals surface area contributed by atoms with Crippen molar-refractivity contribution < 1.29 is 14.7 Å². The van der Waals surface area contributed by atoms with E-state index in [1.165, 1.54) is 0 Å². The van der Waals surface area contributed by atoms with Crippen molar-refractivity contribution in [3.05, 3.63) is 70.2 Å². The molecular formula is C15H11ClN2O3. The number of primary amides is 1. The monoisotopic (exact) mass is 302 g/mol. The van der Waals surface area contributed by atoms with Crippen LogP contribution in [0.1, 0.15) is 21.5 Å². The van der Waals surface area contributed by atoms with Gasteiger partial charge in [-0.3, -0.25) is 4.79 Å². The van der Waals surface area contributed by atoms with Crippen LogP contribution in [0.3, 0.4) is 0 Å². The maximum absolute atomic E-state index is 12.3. The van der Waals surface area contributed by atoms with Crippen molar-refractivity contribution in [3.8, 4) is 0 Å². The summed E-state index contributed by atoms with van der Waals surface area (Å²) in [7, 11) is 0. The van der Waals surface area contributed by atoms with E-state index >= 15 is 0 Å². The minimum absolute atomic E-state index is 0.244. The highest BCUT2D eigenvalue weighted by Crippen LogP contribution is 2.42. The SMILES string of the molecule is NC(=O)N1C(=O)c2ccccc2C1(O)c1ccc(Cl)cc1. The molecule has 1 unspecified atom stereocenters. The van der Waals surface area contributed by atoms with Crippen LogP contribution in [0.4, 0.5) is 4.79 Å². The molecule has 0 radical (unpaired) electrons. The van der Waals surface area contributed by atoms with Gasteiger partial charge in [0, 0.05) is 21.7 Å². The van der Waals surface area contributed by atoms with Gasteiger partial charge in [0.15, 0.2) is 0 Å². The molecule has 3 amide bonds. The average molecular weight is 303 g/mol. The molecule has 3 rings (SSSR count). The Bertz CT molecular complexity index is 745. The lowest BCUT2D eigenvalue weighted by atomic mass is 9.94. The lowest BCUT2D eigenvalue weighted by Gasteiger charge is -2.31. The van der Waals surface area contributed by atoms with Crippen LogP contribution in [0.15, 0.2) is 48.5 Å². The Balaban J connectivity index is 2.28. The second kappa shape index (κ2) is 4.58. The standard InChI is InChI=1S/C15H11ClN2O3/c16-10-7-5-9(6-8-10)15(21)12-4-2-1-3-11(12)13(19)18(15)14(17)20/h1-8,21H,(H2,17,20). The number of nitrogens with two attached hydrogens (primary N) is 1. The lowest BCUT2D eigenvalue weighted by molar-refractivity contribution is -0.0253. The highest BCUT2D eigenvalue weighted by Gasteiger charge is 2.52. The minimum atomic E-state index is -1.93. The molecule has 0 aliphatic carbocycles. The Kier molecular flexibility index (Phi) is 2.97. The molecule has 0 saturated heterocycles. The van der Waals surface area contributed by atoms with Gasteiger partial charge in [0.05, 0.1) is 0 Å². The fourth-order valence-corrected chi connectivity index (χ4v) is 2.71. The number of halogens is 1. The van der Waals surface area contributed by atoms with Crippen LogP contribution in [0.5, 0.6) is 0 Å². The third-order valence-corrected chi connectivity index (χ3v) is 3.78. The Labute approximate surface area is 125 Å². The van der Waals surface area contributed by atoms with E-state index in [2.05, 4.69) is 0 Å². The molecule has 1 atom stereocenters. The fourth-order valence-electron chi connectivity index (χ4n) is 2.59. The largest absolute Gasteiger partial charge is 0.363 e. The maximum Gasteiger partial charge on any atom is 0.324 e. The van der Waals surface area contributed by atoms with E-state index in [0.717, 1.165) is 0 Å². The van der Waals surface area contributed by atoms with Gasteiger partial charge >= 0.3 is 6.03 Å². The molecule has 106 valence electrons. The highest BCUT2D eigenvalue weighted by atomic mass is 35.5. The first-order valence-electron chi connectivity index (χ1n) is 6.18. The zero-order valence-corrected chi connectivity index (χ0v) is 11.5. The number of rotatable bonds is 1. The first kappa shape index (κ1) is 13.6. The van der Waals surface area contributed by atoms with E-state index in [0.29, 0.717) is 21.0 Å². The van der Waals surface area contributed by atoms with Crippen LogP contribution in [0, 0.1) is 0 Å². The third kappa shape index (κ3) is 1.82. The van der Waals surface area contributed by atoms with Crippen LogP contribution in [0.25, 0.3) is 0 Å². The van der Waals surface area contributed by atoms with Gasteiger partial charge in [-0.15, -0.1) is 0 Å². The van der Waals surface area contributed by atoms with Crippen LogP contribution >= 0.6 is 11.6 Å². The van der Waals surface area contributed by atoms with Crippen LogP contribution in [-0.4, -0.2) is 21.9 Å². The molecule has 0 aromatic heterocycles. The van der Waals surface area contributed by atoms with E-state index in [4.69, 9.17) is 17.3 Å². The van der Waals surface area contributed by atoms with Gasteiger partial charge in [-0.25, -0.2) is 9.69 Å². The molecule has 0 bridgehead atoms. The number of urea groups is 1. The Hall–Kier alpha value is -2.37. The summed E-state index contributed by atoms with van der Waals surface area (Å²) in [4.78, 5) is 24.7. The molecule has 5 nitrogen and oxygen atoms in total. The normalized spacial score (nSPS) is 20.5. The van der Waals surface area contributed by atoms with E-state index < -0.39 is 17.7 Å². The number of carbonyl (C=O) groups excluding carboxylic acids is 2. The maximum atomic E-state index is 12.3. The van der Waals surface area contributed by atoms with Crippen LogP contribution < -0.4 is 5.73 Å². The first-order chi connectivity index (χ1) is 9.96. The zero-order chi connectivity index (χ0) is 15.2. The van der Waals surface area contributed by atoms with Gasteiger partial charge in [-0.1, -0.05) is 41.9 Å². The average Bonchev–Trinajstić information content (AvgIpc) is 2.70. The van der Waals surface area contributed by atoms with E-state index in [1.54, 1.807) is 48.5 Å². The van der Waals surface area contributed by atoms with Crippen molar-refractivity contribution in [2.24, 2.45) is 5.73 Å². The summed E-state index contributed by atoms with van der Waals surface area (Å²) in [5.74, 6) is -0.629. The Morgan fingerprint density at radius 3 is 2.38 bits per heavy atom. The Morgan fingerprint density at radius 2 is 1.76 bits per heavy atom. The molecule has 21 heavy (non-hydrogen) atoms. The summed E-state index contributed by atoms with van der Waals surface area (Å²) in [6, 6.07) is 11.7. The zero-order valence-electron chi connectivity index (χ0n) is 10.8. The number of hydrogen-bond acceptors (Lipinski definition) is 3. The molecule has 2 aromatic carbocycles. The highest BCUT2D eigenvalue weighted by molar-refractivity contribution is 6.30. The number of fused-ring (bicyclic) bond motifs is 1. The van der Waals surface area contributed by atoms with Gasteiger partial charge < -0.3 is 10.8 Å². The first-order valence-corrected chi connectivity index (χ1v) is 6.56. The molecule has 2 aromatic rings. The van der Waals surface area contributed by atoms with Crippen LogP contribution in [0.2, 0.25) is 5.02 Å². The topological polar surface area (TPSA) is 83.6 Å². The van der Waals surface area contributed by atoms with Crippen molar-refractivity contribution in [1.29, 1.82) is 0 Å².